The van der Waals surface area contributed by atoms with E-state index in [9.17, 15) is 0 Å². The van der Waals surface area contributed by atoms with Gasteiger partial charge in [-0.05, 0) is 6.92 Å². The summed E-state index contributed by atoms with van der Waals surface area (Å²) in [4.78, 5) is 1.42. The third-order valence-corrected chi connectivity index (χ3v) is 3.94. The summed E-state index contributed by atoms with van der Waals surface area (Å²) in [5.74, 6) is 0. The summed E-state index contributed by atoms with van der Waals surface area (Å²) in [5.41, 5.74) is 1.38. The van der Waals surface area contributed by atoms with E-state index in [1.54, 1.807) is 0 Å². The number of hydrogen-bond donors (Lipinski definition) is 0. The third-order valence-electron chi connectivity index (χ3n) is 1.51. The molecule has 1 aromatic rings. The van der Waals surface area contributed by atoms with Crippen LogP contribution in [0, 0.1) is 16.9 Å². The number of aromatic nitrogens is 1. The molecule has 0 N–H and O–H groups in total. The molecule has 1 nitrogen and oxygen atoms in total. The second kappa shape index (κ2) is 4.20. The third kappa shape index (κ3) is 2.04. The molecule has 0 spiro atoms. The molecule has 1 rings (SSSR count). The van der Waals surface area contributed by atoms with Gasteiger partial charge in [0.05, 0.1) is 27.5 Å². The van der Waals surface area contributed by atoms with Crippen molar-refractivity contribution in [2.45, 2.75) is 13.8 Å². The van der Waals surface area contributed by atoms with Gasteiger partial charge in [-0.2, -0.15) is 4.57 Å². The molecule has 0 aromatic carbocycles. The highest BCUT2D eigenvalue weighted by atomic mass is 127. The van der Waals surface area contributed by atoms with Crippen molar-refractivity contribution in [3.8, 4) is 0 Å². The number of hydrogen-bond acceptors (Lipinski definition) is 1. The van der Waals surface area contributed by atoms with Gasteiger partial charge in [-0.25, -0.2) is 0 Å². The fraction of sp³-hybridized carbons (Fsp3) is 0.500. The van der Waals surface area contributed by atoms with E-state index in [-0.39, 0.29) is 24.0 Å². The molecule has 0 unspecified atom stereocenters. The molecule has 0 saturated carbocycles. The van der Waals surface area contributed by atoms with E-state index in [1.165, 1.54) is 13.6 Å². The fourth-order valence-corrected chi connectivity index (χ4v) is 2.80. The quantitative estimate of drug-likeness (QED) is 0.393. The van der Waals surface area contributed by atoms with Gasteiger partial charge in [-0.3, -0.25) is 0 Å². The molecule has 0 amide bonds. The van der Waals surface area contributed by atoms with Crippen LogP contribution in [0.1, 0.15) is 10.6 Å². The Labute approximate surface area is 96.0 Å². The van der Waals surface area contributed by atoms with Crippen LogP contribution in [0.25, 0.3) is 0 Å². The minimum atomic E-state index is 0. The monoisotopic (exact) mass is 381 g/mol. The Morgan fingerprint density at radius 1 is 1.40 bits per heavy atom. The Bertz CT molecular complexity index is 209. The lowest BCUT2D eigenvalue weighted by molar-refractivity contribution is -0.684. The van der Waals surface area contributed by atoms with Crippen LogP contribution in [0.4, 0.5) is 0 Å². The van der Waals surface area contributed by atoms with Gasteiger partial charge in [-0.1, -0.05) is 11.3 Å². The largest absolute Gasteiger partial charge is 1.00 e. The van der Waals surface area contributed by atoms with Gasteiger partial charge in [0, 0.05) is 6.92 Å². The molecule has 1 aromatic heterocycles. The number of rotatable bonds is 0. The predicted molar refractivity (Wildman–Crippen MR) is 47.7 cm³/mol. The highest BCUT2D eigenvalue weighted by molar-refractivity contribution is 14.1. The van der Waals surface area contributed by atoms with E-state index in [1.807, 2.05) is 11.3 Å². The van der Waals surface area contributed by atoms with Crippen LogP contribution in [0.2, 0.25) is 0 Å². The van der Waals surface area contributed by atoms with Gasteiger partial charge in [0.25, 0.3) is 3.01 Å². The zero-order valence-corrected chi connectivity index (χ0v) is 11.2. The van der Waals surface area contributed by atoms with Crippen molar-refractivity contribution >= 4 is 33.9 Å². The minimum Gasteiger partial charge on any atom is -1.00 e. The van der Waals surface area contributed by atoms with Gasteiger partial charge in [-0.15, -0.1) is 0 Å². The molecule has 10 heavy (non-hydrogen) atoms. The van der Waals surface area contributed by atoms with Gasteiger partial charge in [0.1, 0.15) is 7.05 Å². The average molecular weight is 381 g/mol. The fourth-order valence-electron chi connectivity index (χ4n) is 0.637. The van der Waals surface area contributed by atoms with Crippen molar-refractivity contribution in [3.05, 3.63) is 13.6 Å². The lowest BCUT2D eigenvalue weighted by Crippen LogP contribution is -3.00. The summed E-state index contributed by atoms with van der Waals surface area (Å²) >= 11 is 4.20. The van der Waals surface area contributed by atoms with Crippen LogP contribution in [-0.2, 0) is 7.05 Å². The molecule has 0 saturated heterocycles. The molecule has 1 heterocycles. The topological polar surface area (TPSA) is 3.88 Å². The van der Waals surface area contributed by atoms with Crippen LogP contribution < -0.4 is 28.5 Å². The molecule has 58 valence electrons. The van der Waals surface area contributed by atoms with E-state index >= 15 is 0 Å². The van der Waals surface area contributed by atoms with Crippen molar-refractivity contribution < 1.29 is 28.5 Å². The lowest BCUT2D eigenvalue weighted by atomic mass is 10.4. The Morgan fingerprint density at radius 3 is 2.00 bits per heavy atom. The van der Waals surface area contributed by atoms with Crippen LogP contribution in [-0.4, -0.2) is 0 Å². The molecule has 0 radical (unpaired) electrons. The maximum absolute atomic E-state index is 2.35. The molecule has 4 heteroatoms. The SMILES string of the molecule is Cc1sc(I)[n+](C)c1C.[I-]. The first kappa shape index (κ1) is 11.1. The van der Waals surface area contributed by atoms with E-state index in [2.05, 4.69) is 48.1 Å². The molecule has 0 fully saturated rings. The highest BCUT2D eigenvalue weighted by Gasteiger charge is 2.12. The molecule has 0 aliphatic rings. The first-order valence-electron chi connectivity index (χ1n) is 2.74. The van der Waals surface area contributed by atoms with Gasteiger partial charge >= 0.3 is 0 Å². The summed E-state index contributed by atoms with van der Waals surface area (Å²) < 4.78 is 3.56. The van der Waals surface area contributed by atoms with E-state index in [4.69, 9.17) is 0 Å². The van der Waals surface area contributed by atoms with E-state index in [0.29, 0.717) is 0 Å². The number of halogens is 2. The summed E-state index contributed by atoms with van der Waals surface area (Å²) in [5, 5.41) is 0. The number of aryl methyl sites for hydroxylation is 1. The maximum Gasteiger partial charge on any atom is 0.297 e. The molecule has 0 aliphatic carbocycles. The van der Waals surface area contributed by atoms with Crippen molar-refractivity contribution in [1.29, 1.82) is 0 Å². The standard InChI is InChI=1S/C6H9INS.HI/c1-4-5(2)9-6(7)8(4)3;/h1-3H3;1H/q+1;/p-1. The summed E-state index contributed by atoms with van der Waals surface area (Å²) in [6, 6.07) is 0. The smallest absolute Gasteiger partial charge is 0.297 e. The minimum absolute atomic E-state index is 0. The molecule has 0 bridgehead atoms. The van der Waals surface area contributed by atoms with Crippen LogP contribution >= 0.6 is 33.9 Å². The Kier molecular flexibility index (Phi) is 4.66. The first-order valence-corrected chi connectivity index (χ1v) is 4.64. The Balaban J connectivity index is 0.000000810. The zero-order chi connectivity index (χ0) is 7.02. The van der Waals surface area contributed by atoms with Crippen molar-refractivity contribution in [2.75, 3.05) is 0 Å². The number of thiazole rings is 1. The van der Waals surface area contributed by atoms with Crippen molar-refractivity contribution in [1.82, 2.24) is 0 Å². The summed E-state index contributed by atoms with van der Waals surface area (Å²) in [7, 11) is 2.10. The molecule has 0 atom stereocenters. The predicted octanol–water partition coefficient (Wildman–Crippen LogP) is -1.20. The Hall–Kier alpha value is 1.09. The zero-order valence-electron chi connectivity index (χ0n) is 6.11. The Morgan fingerprint density at radius 2 is 1.90 bits per heavy atom. The van der Waals surface area contributed by atoms with Gasteiger partial charge in [0.15, 0.2) is 5.69 Å². The number of nitrogens with zero attached hydrogens (tertiary/aromatic N) is 1. The van der Waals surface area contributed by atoms with Crippen LogP contribution in [0.15, 0.2) is 0 Å². The second-order valence-electron chi connectivity index (χ2n) is 2.06. The summed E-state index contributed by atoms with van der Waals surface area (Å²) in [6.45, 7) is 4.30. The molecular weight excluding hydrogens is 372 g/mol. The first-order chi connectivity index (χ1) is 4.13. The maximum atomic E-state index is 2.35. The average Bonchev–Trinajstić information content (AvgIpc) is 1.98. The highest BCUT2D eigenvalue weighted by Crippen LogP contribution is 2.14. The lowest BCUT2D eigenvalue weighted by Gasteiger charge is -1.81. The van der Waals surface area contributed by atoms with Crippen LogP contribution in [0.3, 0.4) is 0 Å². The van der Waals surface area contributed by atoms with E-state index < -0.39 is 0 Å². The molecular formula is C6H9I2NS. The van der Waals surface area contributed by atoms with Gasteiger partial charge < -0.3 is 24.0 Å². The van der Waals surface area contributed by atoms with Crippen molar-refractivity contribution in [3.63, 3.8) is 0 Å². The summed E-state index contributed by atoms with van der Waals surface area (Å²) in [6.07, 6.45) is 0. The van der Waals surface area contributed by atoms with Crippen molar-refractivity contribution in [2.24, 2.45) is 7.05 Å². The van der Waals surface area contributed by atoms with Gasteiger partial charge in [0.2, 0.25) is 0 Å². The normalized spacial score (nSPS) is 9.20. The second-order valence-corrected chi connectivity index (χ2v) is 5.01. The van der Waals surface area contributed by atoms with E-state index in [0.717, 1.165) is 0 Å². The molecule has 0 aliphatic heterocycles. The van der Waals surface area contributed by atoms with Crippen LogP contribution in [0.5, 0.6) is 0 Å².